The van der Waals surface area contributed by atoms with Gasteiger partial charge in [-0.05, 0) is 18.9 Å². The Balaban J connectivity index is 2.59. The third kappa shape index (κ3) is 6.01. The number of alkyl halides is 2. The molecule has 4 heteroatoms. The van der Waals surface area contributed by atoms with Crippen LogP contribution in [0.5, 0.6) is 5.75 Å². The molecule has 1 rings (SSSR count). The van der Waals surface area contributed by atoms with Gasteiger partial charge in [-0.15, -0.1) is 0 Å². The summed E-state index contributed by atoms with van der Waals surface area (Å²) in [5.41, 5.74) is 0.778. The maximum Gasteiger partial charge on any atom is 0.387 e. The van der Waals surface area contributed by atoms with Crippen LogP contribution in [0.15, 0.2) is 24.3 Å². The lowest BCUT2D eigenvalue weighted by Gasteiger charge is -2.18. The average molecular weight is 271 g/mol. The predicted molar refractivity (Wildman–Crippen MR) is 73.5 cm³/mol. The molecule has 0 unspecified atom stereocenters. The van der Waals surface area contributed by atoms with Gasteiger partial charge in [-0.1, -0.05) is 44.9 Å². The Morgan fingerprint density at radius 1 is 1.11 bits per heavy atom. The molecule has 0 spiro atoms. The summed E-state index contributed by atoms with van der Waals surface area (Å²) in [5, 5.41) is 3.43. The topological polar surface area (TPSA) is 21.3 Å². The molecule has 0 saturated carbocycles. The van der Waals surface area contributed by atoms with Crippen LogP contribution >= 0.6 is 0 Å². The summed E-state index contributed by atoms with van der Waals surface area (Å²) < 4.78 is 29.1. The van der Waals surface area contributed by atoms with Gasteiger partial charge in [0.05, 0.1) is 0 Å². The lowest BCUT2D eigenvalue weighted by Crippen LogP contribution is -2.28. The molecule has 0 aliphatic carbocycles. The molecule has 0 bridgehead atoms. The van der Waals surface area contributed by atoms with E-state index in [-0.39, 0.29) is 5.75 Å². The van der Waals surface area contributed by atoms with E-state index in [1.165, 1.54) is 0 Å². The molecule has 0 amide bonds. The minimum Gasteiger partial charge on any atom is -0.434 e. The Kier molecular flexibility index (Phi) is 7.41. The zero-order valence-corrected chi connectivity index (χ0v) is 11.7. The highest BCUT2D eigenvalue weighted by Gasteiger charge is 2.11. The first-order valence-electron chi connectivity index (χ1n) is 6.93. The van der Waals surface area contributed by atoms with Gasteiger partial charge in [0, 0.05) is 18.2 Å². The van der Waals surface area contributed by atoms with E-state index < -0.39 is 6.61 Å². The van der Waals surface area contributed by atoms with Gasteiger partial charge in [-0.25, -0.2) is 0 Å². The largest absolute Gasteiger partial charge is 0.434 e. The standard InChI is InChI=1S/C15H23F2NO/c1-3-7-13(8-4-2)18-11-12-9-5-6-10-14(12)19-15(16)17/h5-6,9-10,13,15,18H,3-4,7-8,11H2,1-2H3. The van der Waals surface area contributed by atoms with E-state index in [1.54, 1.807) is 12.1 Å². The zero-order chi connectivity index (χ0) is 14.1. The Morgan fingerprint density at radius 2 is 1.74 bits per heavy atom. The maximum absolute atomic E-state index is 12.3. The second-order valence-electron chi connectivity index (χ2n) is 4.64. The van der Waals surface area contributed by atoms with E-state index >= 15 is 0 Å². The maximum atomic E-state index is 12.3. The second-order valence-corrected chi connectivity index (χ2v) is 4.64. The number of rotatable bonds is 9. The van der Waals surface area contributed by atoms with Crippen LogP contribution in [0.25, 0.3) is 0 Å². The number of nitrogens with one attached hydrogen (secondary N) is 1. The van der Waals surface area contributed by atoms with E-state index in [0.717, 1.165) is 31.2 Å². The molecule has 0 radical (unpaired) electrons. The molecule has 1 aromatic rings. The van der Waals surface area contributed by atoms with Gasteiger partial charge in [0.1, 0.15) is 5.75 Å². The van der Waals surface area contributed by atoms with Crippen molar-refractivity contribution in [1.82, 2.24) is 5.32 Å². The minimum atomic E-state index is -2.77. The van der Waals surface area contributed by atoms with Crippen LogP contribution in [0.2, 0.25) is 0 Å². The Hall–Kier alpha value is -1.16. The summed E-state index contributed by atoms with van der Waals surface area (Å²) in [6.07, 6.45) is 4.44. The first kappa shape index (κ1) is 15.9. The van der Waals surface area contributed by atoms with E-state index in [1.807, 2.05) is 12.1 Å². The third-order valence-corrected chi connectivity index (χ3v) is 3.04. The number of para-hydroxylation sites is 1. The summed E-state index contributed by atoms with van der Waals surface area (Å²) in [6, 6.07) is 7.38. The molecule has 0 saturated heterocycles. The van der Waals surface area contributed by atoms with Crippen LogP contribution in [0.4, 0.5) is 8.78 Å². The zero-order valence-electron chi connectivity index (χ0n) is 11.7. The van der Waals surface area contributed by atoms with Gasteiger partial charge in [0.25, 0.3) is 0 Å². The van der Waals surface area contributed by atoms with Crippen molar-refractivity contribution in [2.24, 2.45) is 0 Å². The first-order chi connectivity index (χ1) is 9.17. The van der Waals surface area contributed by atoms with Gasteiger partial charge in [0.15, 0.2) is 0 Å². The number of benzene rings is 1. The molecule has 0 fully saturated rings. The van der Waals surface area contributed by atoms with Crippen molar-refractivity contribution < 1.29 is 13.5 Å². The SMILES string of the molecule is CCCC(CCC)NCc1ccccc1OC(F)F. The molecular formula is C15H23F2NO. The van der Waals surface area contributed by atoms with Crippen LogP contribution < -0.4 is 10.1 Å². The Morgan fingerprint density at radius 3 is 2.32 bits per heavy atom. The van der Waals surface area contributed by atoms with Crippen LogP contribution in [-0.4, -0.2) is 12.7 Å². The van der Waals surface area contributed by atoms with Crippen molar-refractivity contribution in [3.05, 3.63) is 29.8 Å². The molecule has 0 aliphatic rings. The van der Waals surface area contributed by atoms with E-state index in [2.05, 4.69) is 23.9 Å². The number of hydrogen-bond donors (Lipinski definition) is 1. The van der Waals surface area contributed by atoms with Gasteiger partial charge >= 0.3 is 6.61 Å². The third-order valence-electron chi connectivity index (χ3n) is 3.04. The van der Waals surface area contributed by atoms with Crippen LogP contribution in [0.1, 0.15) is 45.1 Å². The van der Waals surface area contributed by atoms with Crippen molar-refractivity contribution in [3.8, 4) is 5.75 Å². The molecule has 0 atom stereocenters. The minimum absolute atomic E-state index is 0.261. The number of halogens is 2. The average Bonchev–Trinajstić information content (AvgIpc) is 2.37. The smallest absolute Gasteiger partial charge is 0.387 e. The predicted octanol–water partition coefficient (Wildman–Crippen LogP) is 4.35. The number of ether oxygens (including phenoxy) is 1. The van der Waals surface area contributed by atoms with E-state index in [0.29, 0.717) is 12.6 Å². The summed E-state index contributed by atoms with van der Waals surface area (Å²) in [5.74, 6) is 0.261. The van der Waals surface area contributed by atoms with Crippen molar-refractivity contribution in [2.45, 2.75) is 58.7 Å². The highest BCUT2D eigenvalue weighted by atomic mass is 19.3. The molecular weight excluding hydrogens is 248 g/mol. The molecule has 1 N–H and O–H groups in total. The number of hydrogen-bond acceptors (Lipinski definition) is 2. The molecule has 1 aromatic carbocycles. The highest BCUT2D eigenvalue weighted by molar-refractivity contribution is 5.33. The normalized spacial score (nSPS) is 11.3. The van der Waals surface area contributed by atoms with Crippen LogP contribution in [0, 0.1) is 0 Å². The first-order valence-corrected chi connectivity index (χ1v) is 6.93. The fourth-order valence-electron chi connectivity index (χ4n) is 2.16. The summed E-state index contributed by atoms with van der Waals surface area (Å²) in [4.78, 5) is 0. The lowest BCUT2D eigenvalue weighted by molar-refractivity contribution is -0.0505. The van der Waals surface area contributed by atoms with Gasteiger partial charge in [-0.3, -0.25) is 0 Å². The second kappa shape index (κ2) is 8.86. The van der Waals surface area contributed by atoms with E-state index in [9.17, 15) is 8.78 Å². The molecule has 108 valence electrons. The Bertz CT molecular complexity index is 352. The van der Waals surface area contributed by atoms with Crippen LogP contribution in [-0.2, 0) is 6.54 Å². The van der Waals surface area contributed by atoms with Gasteiger partial charge in [0.2, 0.25) is 0 Å². The fraction of sp³-hybridized carbons (Fsp3) is 0.600. The quantitative estimate of drug-likeness (QED) is 0.721. The summed E-state index contributed by atoms with van der Waals surface area (Å²) in [6.45, 7) is 2.09. The van der Waals surface area contributed by atoms with E-state index in [4.69, 9.17) is 0 Å². The lowest BCUT2D eigenvalue weighted by atomic mass is 10.1. The van der Waals surface area contributed by atoms with Crippen molar-refractivity contribution in [3.63, 3.8) is 0 Å². The molecule has 2 nitrogen and oxygen atoms in total. The monoisotopic (exact) mass is 271 g/mol. The molecule has 0 aliphatic heterocycles. The molecule has 0 heterocycles. The van der Waals surface area contributed by atoms with Crippen molar-refractivity contribution in [1.29, 1.82) is 0 Å². The fourth-order valence-corrected chi connectivity index (χ4v) is 2.16. The molecule has 19 heavy (non-hydrogen) atoms. The van der Waals surface area contributed by atoms with Crippen molar-refractivity contribution in [2.75, 3.05) is 0 Å². The Labute approximate surface area is 114 Å². The van der Waals surface area contributed by atoms with Gasteiger partial charge < -0.3 is 10.1 Å². The highest BCUT2D eigenvalue weighted by Crippen LogP contribution is 2.20. The summed E-state index contributed by atoms with van der Waals surface area (Å²) >= 11 is 0. The summed E-state index contributed by atoms with van der Waals surface area (Å²) in [7, 11) is 0. The van der Waals surface area contributed by atoms with Gasteiger partial charge in [-0.2, -0.15) is 8.78 Å². The molecule has 0 aromatic heterocycles. The van der Waals surface area contributed by atoms with Crippen LogP contribution in [0.3, 0.4) is 0 Å². The van der Waals surface area contributed by atoms with Crippen molar-refractivity contribution >= 4 is 0 Å².